The third kappa shape index (κ3) is 6.27. The van der Waals surface area contributed by atoms with Gasteiger partial charge in [-0.2, -0.15) is 26.3 Å². The van der Waals surface area contributed by atoms with Crippen molar-refractivity contribution in [1.82, 2.24) is 4.98 Å². The van der Waals surface area contributed by atoms with Gasteiger partial charge in [0.15, 0.2) is 0 Å². The number of nitrogens with zero attached hydrogens (tertiary/aromatic N) is 1. The van der Waals surface area contributed by atoms with Gasteiger partial charge in [0.2, 0.25) is 0 Å². The number of pyridine rings is 1. The Morgan fingerprint density at radius 1 is 1.16 bits per heavy atom. The van der Waals surface area contributed by atoms with E-state index in [9.17, 15) is 26.3 Å². The van der Waals surface area contributed by atoms with Crippen LogP contribution in [0, 0.1) is 0 Å². The van der Waals surface area contributed by atoms with Crippen molar-refractivity contribution in [3.63, 3.8) is 0 Å². The summed E-state index contributed by atoms with van der Waals surface area (Å²) in [6.07, 6.45) is -7.96. The predicted molar refractivity (Wildman–Crippen MR) is 54.6 cm³/mol. The first kappa shape index (κ1) is 15.5. The molecular weight excluding hydrogens is 278 g/mol. The van der Waals surface area contributed by atoms with E-state index in [1.54, 1.807) is 0 Å². The van der Waals surface area contributed by atoms with E-state index in [2.05, 4.69) is 15.0 Å². The summed E-state index contributed by atoms with van der Waals surface area (Å²) in [4.78, 5) is 3.61. The molecule has 0 spiro atoms. The van der Waals surface area contributed by atoms with Crippen molar-refractivity contribution in [2.45, 2.75) is 12.4 Å². The molecule has 1 aromatic rings. The fourth-order valence-electron chi connectivity index (χ4n) is 1.14. The summed E-state index contributed by atoms with van der Waals surface area (Å²) in [5, 5.41) is 2.44. The number of aromatic nitrogens is 1. The molecule has 19 heavy (non-hydrogen) atoms. The van der Waals surface area contributed by atoms with Crippen LogP contribution in [0.1, 0.15) is 5.56 Å². The zero-order valence-corrected chi connectivity index (χ0v) is 9.48. The molecule has 1 heterocycles. The van der Waals surface area contributed by atoms with E-state index in [0.29, 0.717) is 0 Å². The minimum absolute atomic E-state index is 0.0783. The first-order chi connectivity index (χ1) is 8.68. The summed E-state index contributed by atoms with van der Waals surface area (Å²) in [5.41, 5.74) is -0.888. The maximum Gasteiger partial charge on any atom is 0.416 e. The van der Waals surface area contributed by atoms with Crippen molar-refractivity contribution < 1.29 is 31.1 Å². The summed E-state index contributed by atoms with van der Waals surface area (Å²) >= 11 is 0. The summed E-state index contributed by atoms with van der Waals surface area (Å²) in [7, 11) is 0. The second-order valence-corrected chi connectivity index (χ2v) is 3.52. The second-order valence-electron chi connectivity index (χ2n) is 3.52. The van der Waals surface area contributed by atoms with Gasteiger partial charge in [0.05, 0.1) is 12.2 Å². The van der Waals surface area contributed by atoms with Crippen molar-refractivity contribution in [3.8, 4) is 0 Å². The summed E-state index contributed by atoms with van der Waals surface area (Å²) < 4.78 is 76.4. The van der Waals surface area contributed by atoms with Gasteiger partial charge in [-0.1, -0.05) is 0 Å². The van der Waals surface area contributed by atoms with Gasteiger partial charge in [0.25, 0.3) is 0 Å². The summed E-state index contributed by atoms with van der Waals surface area (Å²) in [6.45, 7) is -1.77. The van der Waals surface area contributed by atoms with Gasteiger partial charge in [-0.25, -0.2) is 4.98 Å². The Hall–Kier alpha value is -1.51. The Labute approximate surface area is 104 Å². The average Bonchev–Trinajstić information content (AvgIpc) is 2.26. The molecule has 1 aromatic heterocycles. The lowest BCUT2D eigenvalue weighted by Crippen LogP contribution is -2.20. The molecule has 108 valence electrons. The zero-order valence-electron chi connectivity index (χ0n) is 9.48. The lowest BCUT2D eigenvalue weighted by molar-refractivity contribution is -0.172. The number of hydrogen-bond donors (Lipinski definition) is 1. The maximum atomic E-state index is 12.3. The third-order valence-electron chi connectivity index (χ3n) is 1.91. The molecule has 3 nitrogen and oxygen atoms in total. The van der Waals surface area contributed by atoms with Gasteiger partial charge in [0, 0.05) is 12.7 Å². The molecule has 9 heteroatoms. The number of hydrogen-bond acceptors (Lipinski definition) is 3. The Morgan fingerprint density at radius 2 is 1.84 bits per heavy atom. The average molecular weight is 288 g/mol. The molecule has 0 unspecified atom stereocenters. The monoisotopic (exact) mass is 288 g/mol. The number of alkyl halides is 6. The minimum Gasteiger partial charge on any atom is -0.370 e. The molecule has 1 rings (SSSR count). The fraction of sp³-hybridized carbons (Fsp3) is 0.500. The van der Waals surface area contributed by atoms with Crippen molar-refractivity contribution in [2.24, 2.45) is 0 Å². The summed E-state index contributed by atoms with van der Waals surface area (Å²) in [5.74, 6) is -0.0783. The first-order valence-corrected chi connectivity index (χ1v) is 5.10. The first-order valence-electron chi connectivity index (χ1n) is 5.10. The van der Waals surface area contributed by atoms with Crippen LogP contribution in [0.4, 0.5) is 32.2 Å². The number of anilines is 1. The fourth-order valence-corrected chi connectivity index (χ4v) is 1.14. The van der Waals surface area contributed by atoms with Crippen molar-refractivity contribution >= 4 is 5.82 Å². The molecule has 0 bridgehead atoms. The molecular formula is C10H10F6N2O. The lowest BCUT2D eigenvalue weighted by atomic mass is 10.2. The molecule has 0 atom stereocenters. The maximum absolute atomic E-state index is 12.3. The van der Waals surface area contributed by atoms with Crippen LogP contribution in [0.5, 0.6) is 0 Å². The number of ether oxygens (including phenoxy) is 1. The van der Waals surface area contributed by atoms with Gasteiger partial charge < -0.3 is 10.1 Å². The zero-order chi connectivity index (χ0) is 14.5. The Kier molecular flexibility index (Phi) is 4.98. The van der Waals surface area contributed by atoms with E-state index in [-0.39, 0.29) is 19.0 Å². The van der Waals surface area contributed by atoms with Crippen LogP contribution in [-0.4, -0.2) is 30.9 Å². The van der Waals surface area contributed by atoms with Crippen LogP contribution in [-0.2, 0) is 10.9 Å². The molecule has 0 fully saturated rings. The van der Waals surface area contributed by atoms with E-state index in [0.717, 1.165) is 18.3 Å². The van der Waals surface area contributed by atoms with Crippen LogP contribution in [0.25, 0.3) is 0 Å². The smallest absolute Gasteiger partial charge is 0.370 e. The van der Waals surface area contributed by atoms with Gasteiger partial charge in [0.1, 0.15) is 12.4 Å². The standard InChI is InChI=1S/C10H10F6N2O/c11-9(12,13)6-19-4-3-18-8-5-7(1-2-17-8)10(14,15)16/h1-2,5H,3-4,6H2,(H,17,18). The van der Waals surface area contributed by atoms with Crippen LogP contribution in [0.3, 0.4) is 0 Å². The highest BCUT2D eigenvalue weighted by molar-refractivity contribution is 5.38. The highest BCUT2D eigenvalue weighted by Crippen LogP contribution is 2.29. The second kappa shape index (κ2) is 6.09. The lowest BCUT2D eigenvalue weighted by Gasteiger charge is -2.10. The Morgan fingerprint density at radius 3 is 2.42 bits per heavy atom. The van der Waals surface area contributed by atoms with Crippen LogP contribution < -0.4 is 5.32 Å². The van der Waals surface area contributed by atoms with Crippen LogP contribution in [0.2, 0.25) is 0 Å². The molecule has 0 radical (unpaired) electrons. The topological polar surface area (TPSA) is 34.1 Å². The highest BCUT2D eigenvalue weighted by Gasteiger charge is 2.30. The molecule has 0 aromatic carbocycles. The molecule has 0 saturated heterocycles. The van der Waals surface area contributed by atoms with Crippen LogP contribution >= 0.6 is 0 Å². The van der Waals surface area contributed by atoms with Crippen molar-refractivity contribution in [3.05, 3.63) is 23.9 Å². The minimum atomic E-state index is -4.49. The van der Waals surface area contributed by atoms with Crippen LogP contribution in [0.15, 0.2) is 18.3 Å². The molecule has 0 amide bonds. The normalized spacial score (nSPS) is 12.5. The summed E-state index contributed by atoms with van der Waals surface area (Å²) in [6, 6.07) is 1.56. The third-order valence-corrected chi connectivity index (χ3v) is 1.91. The van der Waals surface area contributed by atoms with E-state index < -0.39 is 24.5 Å². The van der Waals surface area contributed by atoms with E-state index in [1.807, 2.05) is 0 Å². The van der Waals surface area contributed by atoms with Crippen molar-refractivity contribution in [2.75, 3.05) is 25.1 Å². The Balaban J connectivity index is 2.38. The molecule has 1 N–H and O–H groups in total. The molecule has 0 aliphatic rings. The highest BCUT2D eigenvalue weighted by atomic mass is 19.4. The van der Waals surface area contributed by atoms with Gasteiger partial charge >= 0.3 is 12.4 Å². The molecule has 0 saturated carbocycles. The van der Waals surface area contributed by atoms with E-state index >= 15 is 0 Å². The SMILES string of the molecule is FC(F)(F)COCCNc1cc(C(F)(F)F)ccn1. The van der Waals surface area contributed by atoms with E-state index in [1.165, 1.54) is 0 Å². The van der Waals surface area contributed by atoms with Gasteiger partial charge in [-0.3, -0.25) is 0 Å². The number of rotatable bonds is 5. The Bertz CT molecular complexity index is 404. The van der Waals surface area contributed by atoms with Gasteiger partial charge in [-0.05, 0) is 12.1 Å². The number of nitrogens with one attached hydrogen (secondary N) is 1. The van der Waals surface area contributed by atoms with Crippen molar-refractivity contribution in [1.29, 1.82) is 0 Å². The molecule has 0 aliphatic carbocycles. The predicted octanol–water partition coefficient (Wildman–Crippen LogP) is 3.09. The molecule has 0 aliphatic heterocycles. The quantitative estimate of drug-likeness (QED) is 0.668. The number of halogens is 6. The van der Waals surface area contributed by atoms with Gasteiger partial charge in [-0.15, -0.1) is 0 Å². The largest absolute Gasteiger partial charge is 0.416 e. The van der Waals surface area contributed by atoms with E-state index in [4.69, 9.17) is 0 Å².